The third-order valence-electron chi connectivity index (χ3n) is 4.61. The number of benzene rings is 1. The SMILES string of the molecule is CCc1nccn1CCC(=O)Nc1ccc(N2C(=O)CCC2C)cc1. The van der Waals surface area contributed by atoms with Gasteiger partial charge in [-0.15, -0.1) is 0 Å². The second-order valence-electron chi connectivity index (χ2n) is 6.39. The number of nitrogens with zero attached hydrogens (tertiary/aromatic N) is 3. The van der Waals surface area contributed by atoms with Crippen molar-refractivity contribution in [3.8, 4) is 0 Å². The summed E-state index contributed by atoms with van der Waals surface area (Å²) in [6.45, 7) is 4.72. The van der Waals surface area contributed by atoms with Crippen molar-refractivity contribution in [1.29, 1.82) is 0 Å². The van der Waals surface area contributed by atoms with Crippen LogP contribution >= 0.6 is 0 Å². The van der Waals surface area contributed by atoms with Crippen LogP contribution in [-0.4, -0.2) is 27.4 Å². The molecule has 6 heteroatoms. The van der Waals surface area contributed by atoms with Crippen molar-refractivity contribution in [3.63, 3.8) is 0 Å². The summed E-state index contributed by atoms with van der Waals surface area (Å²) in [5.74, 6) is 1.12. The van der Waals surface area contributed by atoms with Crippen LogP contribution in [0.1, 0.15) is 38.9 Å². The lowest BCUT2D eigenvalue weighted by Crippen LogP contribution is -2.30. The molecular weight excluding hydrogens is 316 g/mol. The van der Waals surface area contributed by atoms with Gasteiger partial charge in [0.05, 0.1) is 0 Å². The summed E-state index contributed by atoms with van der Waals surface area (Å²) in [5, 5.41) is 2.91. The van der Waals surface area contributed by atoms with Gasteiger partial charge in [-0.3, -0.25) is 9.59 Å². The minimum Gasteiger partial charge on any atom is -0.334 e. The first-order chi connectivity index (χ1) is 12.1. The van der Waals surface area contributed by atoms with Crippen molar-refractivity contribution < 1.29 is 9.59 Å². The molecule has 1 aliphatic heterocycles. The Morgan fingerprint density at radius 2 is 2.08 bits per heavy atom. The smallest absolute Gasteiger partial charge is 0.227 e. The van der Waals surface area contributed by atoms with E-state index in [1.165, 1.54) is 0 Å². The van der Waals surface area contributed by atoms with E-state index in [0.717, 1.165) is 30.0 Å². The Hall–Kier alpha value is -2.63. The van der Waals surface area contributed by atoms with Gasteiger partial charge in [0.1, 0.15) is 5.82 Å². The number of rotatable bonds is 6. The number of aryl methyl sites for hydroxylation is 2. The van der Waals surface area contributed by atoms with Crippen LogP contribution in [0.4, 0.5) is 11.4 Å². The van der Waals surface area contributed by atoms with Gasteiger partial charge < -0.3 is 14.8 Å². The highest BCUT2D eigenvalue weighted by atomic mass is 16.2. The standard InChI is InChI=1S/C19H24N4O2/c1-3-17-20-11-13-22(17)12-10-18(24)21-15-5-7-16(8-6-15)23-14(2)4-9-19(23)25/h5-8,11,13-14H,3-4,9-10,12H2,1-2H3,(H,21,24). The second kappa shape index (κ2) is 7.51. The molecular formula is C19H24N4O2. The summed E-state index contributed by atoms with van der Waals surface area (Å²) in [6.07, 6.45) is 6.40. The van der Waals surface area contributed by atoms with E-state index in [-0.39, 0.29) is 17.9 Å². The molecule has 2 heterocycles. The van der Waals surface area contributed by atoms with E-state index >= 15 is 0 Å². The Bertz CT molecular complexity index is 751. The van der Waals surface area contributed by atoms with Crippen molar-refractivity contribution in [2.75, 3.05) is 10.2 Å². The van der Waals surface area contributed by atoms with Crippen LogP contribution in [0.5, 0.6) is 0 Å². The number of anilines is 2. The average molecular weight is 340 g/mol. The lowest BCUT2D eigenvalue weighted by molar-refractivity contribution is -0.117. The van der Waals surface area contributed by atoms with Crippen molar-refractivity contribution in [3.05, 3.63) is 42.5 Å². The van der Waals surface area contributed by atoms with Gasteiger partial charge in [0.25, 0.3) is 0 Å². The van der Waals surface area contributed by atoms with Crippen LogP contribution in [-0.2, 0) is 22.6 Å². The molecule has 25 heavy (non-hydrogen) atoms. The number of amides is 2. The summed E-state index contributed by atoms with van der Waals surface area (Å²) in [4.78, 5) is 30.2. The largest absolute Gasteiger partial charge is 0.334 e. The van der Waals surface area contributed by atoms with E-state index in [9.17, 15) is 9.59 Å². The Labute approximate surface area is 147 Å². The third-order valence-corrected chi connectivity index (χ3v) is 4.61. The van der Waals surface area contributed by atoms with Gasteiger partial charge in [-0.25, -0.2) is 4.98 Å². The first-order valence-electron chi connectivity index (χ1n) is 8.80. The fourth-order valence-electron chi connectivity index (χ4n) is 3.24. The molecule has 1 fully saturated rings. The molecule has 1 N–H and O–H groups in total. The van der Waals surface area contributed by atoms with Crippen molar-refractivity contribution in [1.82, 2.24) is 9.55 Å². The maximum atomic E-state index is 12.1. The van der Waals surface area contributed by atoms with Gasteiger partial charge >= 0.3 is 0 Å². The molecule has 3 rings (SSSR count). The van der Waals surface area contributed by atoms with E-state index < -0.39 is 0 Å². The summed E-state index contributed by atoms with van der Waals surface area (Å²) in [5.41, 5.74) is 1.63. The molecule has 0 radical (unpaired) electrons. The van der Waals surface area contributed by atoms with Crippen LogP contribution in [0, 0.1) is 0 Å². The van der Waals surface area contributed by atoms with Crippen molar-refractivity contribution in [2.24, 2.45) is 0 Å². The van der Waals surface area contributed by atoms with Crippen molar-refractivity contribution >= 4 is 23.2 Å². The zero-order valence-electron chi connectivity index (χ0n) is 14.7. The summed E-state index contributed by atoms with van der Waals surface area (Å²) in [7, 11) is 0. The van der Waals surface area contributed by atoms with E-state index in [0.29, 0.717) is 19.4 Å². The quantitative estimate of drug-likeness (QED) is 0.879. The van der Waals surface area contributed by atoms with Gasteiger partial charge in [-0.05, 0) is 37.6 Å². The van der Waals surface area contributed by atoms with Crippen molar-refractivity contribution in [2.45, 2.75) is 52.1 Å². The first kappa shape index (κ1) is 17.2. The zero-order valence-corrected chi connectivity index (χ0v) is 14.7. The number of carbonyl (C=O) groups excluding carboxylic acids is 2. The molecule has 1 aromatic heterocycles. The topological polar surface area (TPSA) is 67.2 Å². The molecule has 1 atom stereocenters. The van der Waals surface area contributed by atoms with Crippen LogP contribution in [0.15, 0.2) is 36.7 Å². The molecule has 0 saturated carbocycles. The monoisotopic (exact) mass is 340 g/mol. The van der Waals surface area contributed by atoms with E-state index in [1.807, 2.05) is 46.9 Å². The summed E-state index contributed by atoms with van der Waals surface area (Å²) < 4.78 is 2.00. The van der Waals surface area contributed by atoms with Gasteiger partial charge in [-0.2, -0.15) is 0 Å². The lowest BCUT2D eigenvalue weighted by atomic mass is 10.2. The molecule has 1 saturated heterocycles. The highest BCUT2D eigenvalue weighted by molar-refractivity contribution is 5.96. The lowest BCUT2D eigenvalue weighted by Gasteiger charge is -2.22. The van der Waals surface area contributed by atoms with E-state index in [1.54, 1.807) is 6.20 Å². The highest BCUT2D eigenvalue weighted by Gasteiger charge is 2.28. The molecule has 1 aliphatic rings. The van der Waals surface area contributed by atoms with Gasteiger partial charge in [0.2, 0.25) is 11.8 Å². The average Bonchev–Trinajstić information content (AvgIpc) is 3.20. The number of hydrogen-bond donors (Lipinski definition) is 1. The molecule has 2 aromatic rings. The maximum absolute atomic E-state index is 12.1. The molecule has 0 aliphatic carbocycles. The minimum absolute atomic E-state index is 0.0332. The van der Waals surface area contributed by atoms with Crippen LogP contribution in [0.3, 0.4) is 0 Å². The number of aromatic nitrogens is 2. The fourth-order valence-corrected chi connectivity index (χ4v) is 3.24. The van der Waals surface area contributed by atoms with Gasteiger partial charge in [-0.1, -0.05) is 6.92 Å². The molecule has 0 bridgehead atoms. The second-order valence-corrected chi connectivity index (χ2v) is 6.39. The number of hydrogen-bond acceptors (Lipinski definition) is 3. The Balaban J connectivity index is 1.56. The summed E-state index contributed by atoms with van der Waals surface area (Å²) >= 11 is 0. The number of imidazole rings is 1. The molecule has 132 valence electrons. The molecule has 2 amide bonds. The molecule has 0 spiro atoms. The number of carbonyl (C=O) groups is 2. The van der Waals surface area contributed by atoms with Crippen LogP contribution < -0.4 is 10.2 Å². The predicted molar refractivity (Wildman–Crippen MR) is 97.5 cm³/mol. The molecule has 1 unspecified atom stereocenters. The normalized spacial score (nSPS) is 17.1. The highest BCUT2D eigenvalue weighted by Crippen LogP contribution is 2.27. The Morgan fingerprint density at radius 1 is 1.32 bits per heavy atom. The van der Waals surface area contributed by atoms with E-state index in [4.69, 9.17) is 0 Å². The maximum Gasteiger partial charge on any atom is 0.227 e. The Morgan fingerprint density at radius 3 is 2.72 bits per heavy atom. The minimum atomic E-state index is -0.0332. The fraction of sp³-hybridized carbons (Fsp3) is 0.421. The molecule has 6 nitrogen and oxygen atoms in total. The first-order valence-corrected chi connectivity index (χ1v) is 8.80. The van der Waals surface area contributed by atoms with Gasteiger partial charge in [0, 0.05) is 55.6 Å². The molecule has 1 aromatic carbocycles. The van der Waals surface area contributed by atoms with Crippen LogP contribution in [0.2, 0.25) is 0 Å². The zero-order chi connectivity index (χ0) is 17.8. The number of nitrogens with one attached hydrogen (secondary N) is 1. The van der Waals surface area contributed by atoms with Crippen LogP contribution in [0.25, 0.3) is 0 Å². The van der Waals surface area contributed by atoms with E-state index in [2.05, 4.69) is 17.2 Å². The summed E-state index contributed by atoms with van der Waals surface area (Å²) in [6, 6.07) is 7.71. The third kappa shape index (κ3) is 3.90. The van der Waals surface area contributed by atoms with Gasteiger partial charge in [0.15, 0.2) is 0 Å². The Kier molecular flexibility index (Phi) is 5.16. The predicted octanol–water partition coefficient (Wildman–Crippen LogP) is 2.99.